The summed E-state index contributed by atoms with van der Waals surface area (Å²) < 4.78 is 70.5. The number of amides is 1. The molecule has 3 aromatic carbocycles. The van der Waals surface area contributed by atoms with E-state index in [4.69, 9.17) is 9.90 Å². The molecule has 0 spiro atoms. The highest BCUT2D eigenvalue weighted by atomic mass is 19.4. The zero-order chi connectivity index (χ0) is 30.2. The van der Waals surface area contributed by atoms with Crippen LogP contribution in [-0.4, -0.2) is 64.2 Å². The van der Waals surface area contributed by atoms with Crippen LogP contribution in [-0.2, 0) is 24.1 Å². The van der Waals surface area contributed by atoms with Crippen LogP contribution in [0.1, 0.15) is 27.0 Å². The number of rotatable bonds is 6. The number of carboxylic acids is 1. The van der Waals surface area contributed by atoms with E-state index >= 15 is 0 Å². The molecule has 0 atom stereocenters. The molecule has 1 aliphatic rings. The number of aliphatic carboxylic acids is 1. The predicted octanol–water partition coefficient (Wildman–Crippen LogP) is 5.61. The molecule has 220 valence electrons. The molecular weight excluding hydrogens is 556 g/mol. The van der Waals surface area contributed by atoms with E-state index in [0.717, 1.165) is 62.5 Å². The number of hydrogen-bond acceptors (Lipinski definition) is 5. The third kappa shape index (κ3) is 10.1. The molecule has 1 amide bonds. The van der Waals surface area contributed by atoms with E-state index in [2.05, 4.69) is 15.1 Å². The van der Waals surface area contributed by atoms with Crippen molar-refractivity contribution in [3.63, 3.8) is 0 Å². The van der Waals surface area contributed by atoms with Crippen molar-refractivity contribution in [3.8, 4) is 5.75 Å². The molecule has 7 nitrogen and oxygen atoms in total. The number of nitrogens with one attached hydrogen (secondary N) is 1. The number of piperazine rings is 1. The van der Waals surface area contributed by atoms with E-state index < -0.39 is 29.8 Å². The van der Waals surface area contributed by atoms with Crippen molar-refractivity contribution in [3.05, 3.63) is 95.1 Å². The van der Waals surface area contributed by atoms with Gasteiger partial charge in [-0.25, -0.2) is 4.79 Å². The van der Waals surface area contributed by atoms with Gasteiger partial charge in [-0.2, -0.15) is 26.3 Å². The molecule has 1 saturated heterocycles. The van der Waals surface area contributed by atoms with Gasteiger partial charge in [0.2, 0.25) is 0 Å². The molecule has 0 bridgehead atoms. The minimum absolute atomic E-state index is 0.0371. The molecule has 0 radical (unpaired) electrons. The zero-order valence-corrected chi connectivity index (χ0v) is 21.5. The fourth-order valence-corrected chi connectivity index (χ4v) is 4.01. The van der Waals surface area contributed by atoms with Crippen LogP contribution in [0.4, 0.5) is 32.0 Å². The van der Waals surface area contributed by atoms with Gasteiger partial charge in [0.15, 0.2) is 0 Å². The van der Waals surface area contributed by atoms with Crippen LogP contribution in [0.2, 0.25) is 0 Å². The van der Waals surface area contributed by atoms with Crippen LogP contribution in [0.3, 0.4) is 0 Å². The van der Waals surface area contributed by atoms with Gasteiger partial charge in [0.05, 0.1) is 5.56 Å². The maximum Gasteiger partial charge on any atom is 0.490 e. The predicted molar refractivity (Wildman–Crippen MR) is 138 cm³/mol. The summed E-state index contributed by atoms with van der Waals surface area (Å²) in [5, 5.41) is 19.2. The molecule has 1 fully saturated rings. The maximum atomic E-state index is 12.9. The van der Waals surface area contributed by atoms with Crippen molar-refractivity contribution in [1.29, 1.82) is 0 Å². The summed E-state index contributed by atoms with van der Waals surface area (Å²) in [6.07, 6.45) is -9.58. The summed E-state index contributed by atoms with van der Waals surface area (Å²) in [7, 11) is 0. The highest BCUT2D eigenvalue weighted by Gasteiger charge is 2.38. The lowest BCUT2D eigenvalue weighted by Gasteiger charge is -2.34. The third-order valence-electron chi connectivity index (χ3n) is 6.09. The first kappa shape index (κ1) is 31.4. The zero-order valence-electron chi connectivity index (χ0n) is 21.5. The van der Waals surface area contributed by atoms with E-state index in [9.17, 15) is 36.2 Å². The molecule has 0 saturated carbocycles. The first-order valence-electron chi connectivity index (χ1n) is 12.3. The highest BCUT2D eigenvalue weighted by Crippen LogP contribution is 2.29. The minimum atomic E-state index is -5.08. The lowest BCUT2D eigenvalue weighted by molar-refractivity contribution is -0.192. The van der Waals surface area contributed by atoms with Gasteiger partial charge < -0.3 is 15.5 Å². The number of carbonyl (C=O) groups excluding carboxylic acids is 1. The number of anilines is 1. The Labute approximate surface area is 231 Å². The second-order valence-corrected chi connectivity index (χ2v) is 9.25. The number of hydrogen-bond donors (Lipinski definition) is 3. The second kappa shape index (κ2) is 13.5. The second-order valence-electron chi connectivity index (χ2n) is 9.25. The van der Waals surface area contributed by atoms with Gasteiger partial charge in [-0.1, -0.05) is 30.3 Å². The lowest BCUT2D eigenvalue weighted by atomic mass is 10.1. The van der Waals surface area contributed by atoms with Crippen molar-refractivity contribution in [2.24, 2.45) is 0 Å². The number of carbonyl (C=O) groups is 2. The van der Waals surface area contributed by atoms with Gasteiger partial charge in [-0.05, 0) is 53.6 Å². The normalized spacial score (nSPS) is 14.6. The first-order valence-corrected chi connectivity index (χ1v) is 12.3. The molecule has 3 aromatic rings. The number of halogens is 6. The summed E-state index contributed by atoms with van der Waals surface area (Å²) in [6, 6.07) is 19.1. The number of benzene rings is 3. The fraction of sp³-hybridized carbons (Fsp3) is 0.286. The average molecular weight is 584 g/mol. The van der Waals surface area contributed by atoms with E-state index in [1.54, 1.807) is 18.2 Å². The van der Waals surface area contributed by atoms with Crippen LogP contribution in [0.15, 0.2) is 72.8 Å². The Balaban J connectivity index is 0.000000587. The van der Waals surface area contributed by atoms with Crippen LogP contribution in [0.25, 0.3) is 0 Å². The molecule has 13 heteroatoms. The van der Waals surface area contributed by atoms with E-state index in [-0.39, 0.29) is 11.3 Å². The van der Waals surface area contributed by atoms with Crippen molar-refractivity contribution in [2.75, 3.05) is 31.5 Å². The quantitative estimate of drug-likeness (QED) is 0.327. The van der Waals surface area contributed by atoms with Gasteiger partial charge in [-0.3, -0.25) is 14.6 Å². The first-order chi connectivity index (χ1) is 19.2. The maximum absolute atomic E-state index is 12.9. The number of aromatic hydroxyl groups is 1. The Morgan fingerprint density at radius 3 is 1.83 bits per heavy atom. The average Bonchev–Trinajstić information content (AvgIpc) is 2.91. The summed E-state index contributed by atoms with van der Waals surface area (Å²) in [6.45, 7) is 5.21. The molecule has 0 aliphatic carbocycles. The number of carboxylic acid groups (broad SMARTS) is 1. The molecule has 1 aliphatic heterocycles. The Morgan fingerprint density at radius 1 is 0.756 bits per heavy atom. The van der Waals surface area contributed by atoms with E-state index in [0.29, 0.717) is 5.69 Å². The molecule has 0 unspecified atom stereocenters. The number of phenolic OH excluding ortho intramolecular Hbond substituents is 1. The van der Waals surface area contributed by atoms with Crippen molar-refractivity contribution in [1.82, 2.24) is 9.80 Å². The van der Waals surface area contributed by atoms with E-state index in [1.807, 2.05) is 30.3 Å². The summed E-state index contributed by atoms with van der Waals surface area (Å²) in [5.74, 6) is -3.07. The van der Waals surface area contributed by atoms with Gasteiger partial charge in [-0.15, -0.1) is 0 Å². The van der Waals surface area contributed by atoms with Gasteiger partial charge in [0.1, 0.15) is 5.75 Å². The third-order valence-corrected chi connectivity index (χ3v) is 6.09. The Morgan fingerprint density at radius 2 is 1.29 bits per heavy atom. The highest BCUT2D eigenvalue weighted by molar-refractivity contribution is 6.04. The molecule has 4 rings (SSSR count). The summed E-state index contributed by atoms with van der Waals surface area (Å²) >= 11 is 0. The fourth-order valence-electron chi connectivity index (χ4n) is 4.01. The van der Waals surface area contributed by atoms with Crippen molar-refractivity contribution < 1.29 is 46.1 Å². The van der Waals surface area contributed by atoms with Crippen LogP contribution >= 0.6 is 0 Å². The number of phenols is 1. The molecular formula is C28H27F6N3O4. The standard InChI is InChI=1S/C26H26F3N3O2.C2HF3O2/c27-26(28,29)22-5-2-4-21(16-22)25(34)30-23-6-1-3-20(15-23)18-32-13-11-31(12-14-32)17-19-7-9-24(33)10-8-19;3-2(4,5)1(6)7/h1-10,15-16,33H,11-14,17-18H2,(H,30,34);(H,6,7). The lowest BCUT2D eigenvalue weighted by Crippen LogP contribution is -2.45. The Bertz CT molecular complexity index is 1320. The van der Waals surface area contributed by atoms with E-state index in [1.165, 1.54) is 12.1 Å². The monoisotopic (exact) mass is 583 g/mol. The van der Waals surface area contributed by atoms with Crippen LogP contribution in [0, 0.1) is 0 Å². The largest absolute Gasteiger partial charge is 0.508 e. The summed E-state index contributed by atoms with van der Waals surface area (Å²) in [5.41, 5.74) is 1.85. The smallest absolute Gasteiger partial charge is 0.490 e. The van der Waals surface area contributed by atoms with Gasteiger partial charge in [0, 0.05) is 50.5 Å². The molecule has 3 N–H and O–H groups in total. The van der Waals surface area contributed by atoms with Crippen LogP contribution < -0.4 is 5.32 Å². The van der Waals surface area contributed by atoms with Gasteiger partial charge in [0.25, 0.3) is 5.91 Å². The number of alkyl halides is 6. The van der Waals surface area contributed by atoms with Crippen molar-refractivity contribution >= 4 is 17.6 Å². The Kier molecular flexibility index (Phi) is 10.4. The van der Waals surface area contributed by atoms with Crippen molar-refractivity contribution in [2.45, 2.75) is 25.4 Å². The SMILES string of the molecule is O=C(Nc1cccc(CN2CCN(Cc3ccc(O)cc3)CC2)c1)c1cccc(C(F)(F)F)c1.O=C(O)C(F)(F)F. The Hall–Kier alpha value is -4.10. The topological polar surface area (TPSA) is 93.1 Å². The van der Waals surface area contributed by atoms with Crippen LogP contribution in [0.5, 0.6) is 5.75 Å². The minimum Gasteiger partial charge on any atom is -0.508 e. The molecule has 41 heavy (non-hydrogen) atoms. The summed E-state index contributed by atoms with van der Waals surface area (Å²) in [4.78, 5) is 26.1. The van der Waals surface area contributed by atoms with Gasteiger partial charge >= 0.3 is 18.3 Å². The number of nitrogens with zero attached hydrogens (tertiary/aromatic N) is 2. The molecule has 0 aromatic heterocycles. The molecule has 1 heterocycles.